The fourth-order valence-corrected chi connectivity index (χ4v) is 5.85. The van der Waals surface area contributed by atoms with Crippen molar-refractivity contribution in [3.05, 3.63) is 95.0 Å². The Labute approximate surface area is 236 Å². The standard InChI is InChI=1S/C28H22BrFN4O4S/c1-2-36-28(35)22(13-18-5-3-4-6-21(18)37-15-20-14-31-11-12-32-20)38-26-23-24(29)25(39-27(23)34-16-33-26)17-7-9-19(30)10-8-17/h3-12,14,16,22H,2,13,15H2,1H3/t22-/m1/s1. The van der Waals surface area contributed by atoms with Crippen LogP contribution in [0.3, 0.4) is 0 Å². The highest BCUT2D eigenvalue weighted by atomic mass is 79.9. The predicted octanol–water partition coefficient (Wildman–Crippen LogP) is 6.18. The lowest BCUT2D eigenvalue weighted by Gasteiger charge is -2.19. The first-order valence-corrected chi connectivity index (χ1v) is 13.6. The number of hydrogen-bond donors (Lipinski definition) is 0. The number of esters is 1. The van der Waals surface area contributed by atoms with Crippen LogP contribution in [0.2, 0.25) is 0 Å². The van der Waals surface area contributed by atoms with E-state index in [4.69, 9.17) is 14.2 Å². The van der Waals surface area contributed by atoms with E-state index in [1.54, 1.807) is 37.6 Å². The third-order valence-corrected chi connectivity index (χ3v) is 7.88. The fourth-order valence-electron chi connectivity index (χ4n) is 3.86. The largest absolute Gasteiger partial charge is 0.487 e. The van der Waals surface area contributed by atoms with E-state index in [0.29, 0.717) is 26.1 Å². The van der Waals surface area contributed by atoms with Crippen LogP contribution in [0.25, 0.3) is 20.7 Å². The molecule has 1 atom stereocenters. The number of hydrogen-bond acceptors (Lipinski definition) is 9. The van der Waals surface area contributed by atoms with Crippen LogP contribution in [0.5, 0.6) is 11.6 Å². The molecule has 5 aromatic rings. The van der Waals surface area contributed by atoms with Crippen molar-refractivity contribution in [2.75, 3.05) is 6.61 Å². The highest BCUT2D eigenvalue weighted by molar-refractivity contribution is 9.10. The van der Waals surface area contributed by atoms with Crippen LogP contribution in [0.1, 0.15) is 18.2 Å². The summed E-state index contributed by atoms with van der Waals surface area (Å²) in [6, 6.07) is 13.6. The number of aromatic nitrogens is 4. The van der Waals surface area contributed by atoms with Gasteiger partial charge in [-0.15, -0.1) is 11.3 Å². The molecular weight excluding hydrogens is 587 g/mol. The van der Waals surface area contributed by atoms with Gasteiger partial charge in [0.05, 0.1) is 33.2 Å². The van der Waals surface area contributed by atoms with Crippen LogP contribution in [0.4, 0.5) is 4.39 Å². The fraction of sp³-hybridized carbons (Fsp3) is 0.179. The molecule has 198 valence electrons. The molecule has 0 aliphatic carbocycles. The summed E-state index contributed by atoms with van der Waals surface area (Å²) in [6.45, 7) is 2.15. The Morgan fingerprint density at radius 3 is 2.67 bits per heavy atom. The molecule has 39 heavy (non-hydrogen) atoms. The molecule has 11 heteroatoms. The maximum Gasteiger partial charge on any atom is 0.347 e. The predicted molar refractivity (Wildman–Crippen MR) is 148 cm³/mol. The number of thiophene rings is 1. The van der Waals surface area contributed by atoms with Crippen LogP contribution in [-0.4, -0.2) is 38.6 Å². The van der Waals surface area contributed by atoms with E-state index in [1.165, 1.54) is 29.8 Å². The van der Waals surface area contributed by atoms with Gasteiger partial charge in [0.2, 0.25) is 12.0 Å². The van der Waals surface area contributed by atoms with Crippen LogP contribution < -0.4 is 9.47 Å². The maximum absolute atomic E-state index is 13.5. The molecule has 2 aromatic carbocycles. The summed E-state index contributed by atoms with van der Waals surface area (Å²) >= 11 is 5.05. The zero-order chi connectivity index (χ0) is 27.2. The topological polar surface area (TPSA) is 96.3 Å². The minimum atomic E-state index is -1.01. The van der Waals surface area contributed by atoms with Gasteiger partial charge < -0.3 is 14.2 Å². The van der Waals surface area contributed by atoms with Crippen molar-refractivity contribution in [2.45, 2.75) is 26.1 Å². The van der Waals surface area contributed by atoms with Gasteiger partial charge in [0, 0.05) is 18.8 Å². The lowest BCUT2D eigenvalue weighted by atomic mass is 10.1. The number of ether oxygens (including phenoxy) is 3. The van der Waals surface area contributed by atoms with E-state index in [9.17, 15) is 9.18 Å². The summed E-state index contributed by atoms with van der Waals surface area (Å²) < 4.78 is 31.7. The first-order chi connectivity index (χ1) is 19.0. The smallest absolute Gasteiger partial charge is 0.347 e. The molecule has 8 nitrogen and oxygen atoms in total. The molecule has 0 spiro atoms. The molecule has 0 saturated heterocycles. The highest BCUT2D eigenvalue weighted by Gasteiger charge is 2.27. The van der Waals surface area contributed by atoms with Crippen molar-refractivity contribution in [2.24, 2.45) is 0 Å². The van der Waals surface area contributed by atoms with E-state index in [2.05, 4.69) is 35.9 Å². The number of benzene rings is 2. The zero-order valence-corrected chi connectivity index (χ0v) is 23.1. The average Bonchev–Trinajstić information content (AvgIpc) is 3.30. The molecule has 3 heterocycles. The summed E-state index contributed by atoms with van der Waals surface area (Å²) in [4.78, 5) is 31.5. The van der Waals surface area contributed by atoms with Gasteiger partial charge in [-0.1, -0.05) is 30.3 Å². The van der Waals surface area contributed by atoms with Gasteiger partial charge in [0.1, 0.15) is 29.3 Å². The van der Waals surface area contributed by atoms with Crippen LogP contribution in [0, 0.1) is 5.82 Å². The van der Waals surface area contributed by atoms with Crippen molar-refractivity contribution in [1.29, 1.82) is 0 Å². The molecule has 0 saturated carbocycles. The van der Waals surface area contributed by atoms with E-state index in [-0.39, 0.29) is 31.3 Å². The van der Waals surface area contributed by atoms with Crippen LogP contribution in [0.15, 0.2) is 77.9 Å². The van der Waals surface area contributed by atoms with Gasteiger partial charge in [-0.05, 0) is 52.2 Å². The minimum absolute atomic E-state index is 0.174. The molecule has 0 aliphatic rings. The van der Waals surface area contributed by atoms with Gasteiger partial charge in [-0.25, -0.2) is 19.2 Å². The highest BCUT2D eigenvalue weighted by Crippen LogP contribution is 2.44. The summed E-state index contributed by atoms with van der Waals surface area (Å²) in [5.41, 5.74) is 2.24. The lowest BCUT2D eigenvalue weighted by Crippen LogP contribution is -2.32. The minimum Gasteiger partial charge on any atom is -0.487 e. The Morgan fingerprint density at radius 2 is 1.90 bits per heavy atom. The molecular formula is C28H22BrFN4O4S. The van der Waals surface area contributed by atoms with Gasteiger partial charge in [-0.3, -0.25) is 9.97 Å². The molecule has 0 aliphatic heterocycles. The molecule has 0 fully saturated rings. The Kier molecular flexibility index (Phi) is 8.38. The molecule has 0 bridgehead atoms. The monoisotopic (exact) mass is 608 g/mol. The maximum atomic E-state index is 13.5. The van der Waals surface area contributed by atoms with Crippen LogP contribution >= 0.6 is 27.3 Å². The normalized spacial score (nSPS) is 11.8. The zero-order valence-electron chi connectivity index (χ0n) is 20.7. The number of rotatable bonds is 10. The molecule has 0 amide bonds. The Bertz CT molecular complexity index is 1580. The van der Waals surface area contributed by atoms with E-state index >= 15 is 0 Å². The first-order valence-electron chi connectivity index (χ1n) is 12.0. The summed E-state index contributed by atoms with van der Waals surface area (Å²) in [5, 5.41) is 0.614. The Morgan fingerprint density at radius 1 is 1.08 bits per heavy atom. The second kappa shape index (κ2) is 12.3. The second-order valence-corrected chi connectivity index (χ2v) is 10.1. The van der Waals surface area contributed by atoms with E-state index in [1.807, 2.05) is 24.3 Å². The quantitative estimate of drug-likeness (QED) is 0.173. The molecule has 5 rings (SSSR count). The number of para-hydroxylation sites is 1. The molecule has 0 N–H and O–H groups in total. The summed E-state index contributed by atoms with van der Waals surface area (Å²) in [6.07, 6.45) is 5.37. The molecule has 0 unspecified atom stereocenters. The lowest BCUT2D eigenvalue weighted by molar-refractivity contribution is -0.151. The number of nitrogens with zero attached hydrogens (tertiary/aromatic N) is 4. The van der Waals surface area contributed by atoms with Crippen molar-refractivity contribution < 1.29 is 23.4 Å². The first kappa shape index (κ1) is 26.6. The van der Waals surface area contributed by atoms with E-state index in [0.717, 1.165) is 16.0 Å². The summed E-state index contributed by atoms with van der Waals surface area (Å²) in [7, 11) is 0. The van der Waals surface area contributed by atoms with Crippen molar-refractivity contribution in [1.82, 2.24) is 19.9 Å². The van der Waals surface area contributed by atoms with Crippen molar-refractivity contribution >= 4 is 43.5 Å². The van der Waals surface area contributed by atoms with Gasteiger partial charge in [-0.2, -0.15) is 0 Å². The third kappa shape index (κ3) is 6.21. The van der Waals surface area contributed by atoms with E-state index < -0.39 is 12.1 Å². The summed E-state index contributed by atoms with van der Waals surface area (Å²) in [5.74, 6) is -0.0344. The SMILES string of the molecule is CCOC(=O)[C@@H](Cc1ccccc1OCc1cnccn1)Oc1ncnc2sc(-c3ccc(F)cc3)c(Br)c12. The molecule has 3 aromatic heterocycles. The van der Waals surface area contributed by atoms with Crippen molar-refractivity contribution in [3.8, 4) is 22.1 Å². The van der Waals surface area contributed by atoms with Crippen LogP contribution in [-0.2, 0) is 22.6 Å². The number of carbonyl (C=O) groups excluding carboxylic acids is 1. The number of fused-ring (bicyclic) bond motifs is 1. The number of halogens is 2. The van der Waals surface area contributed by atoms with Gasteiger partial charge in [0.15, 0.2) is 0 Å². The van der Waals surface area contributed by atoms with Gasteiger partial charge in [0.25, 0.3) is 0 Å². The second-order valence-electron chi connectivity index (χ2n) is 8.27. The average molecular weight is 609 g/mol. The Hall–Kier alpha value is -3.96. The third-order valence-electron chi connectivity index (χ3n) is 5.68. The van der Waals surface area contributed by atoms with Crippen molar-refractivity contribution in [3.63, 3.8) is 0 Å². The number of carbonyl (C=O) groups is 1. The molecule has 0 radical (unpaired) electrons. The Balaban J connectivity index is 1.44. The van der Waals surface area contributed by atoms with Gasteiger partial charge >= 0.3 is 5.97 Å².